The van der Waals surface area contributed by atoms with E-state index >= 15 is 0 Å². The fraction of sp³-hybridized carbons (Fsp3) is 0.385. The van der Waals surface area contributed by atoms with Gasteiger partial charge in [-0.25, -0.2) is 9.97 Å². The lowest BCUT2D eigenvalue weighted by Crippen LogP contribution is -2.42. The van der Waals surface area contributed by atoms with Gasteiger partial charge in [-0.1, -0.05) is 25.5 Å². The van der Waals surface area contributed by atoms with Gasteiger partial charge in [0.05, 0.1) is 0 Å². The summed E-state index contributed by atoms with van der Waals surface area (Å²) < 4.78 is 1.94. The van der Waals surface area contributed by atoms with Gasteiger partial charge in [0.25, 0.3) is 0 Å². The zero-order valence-electron chi connectivity index (χ0n) is 10.5. The molecule has 0 unspecified atom stereocenters. The second kappa shape index (κ2) is 4.57. The molecule has 0 N–H and O–H groups in total. The maximum Gasteiger partial charge on any atom is 0.197 e. The lowest BCUT2D eigenvalue weighted by Gasteiger charge is -2.11. The van der Waals surface area contributed by atoms with Crippen LogP contribution in [0.5, 0.6) is 0 Å². The average Bonchev–Trinajstić information content (AvgIpc) is 2.29. The molecule has 0 saturated carbocycles. The molecule has 0 atom stereocenters. The first-order valence-electron chi connectivity index (χ1n) is 5.68. The van der Waals surface area contributed by atoms with Crippen molar-refractivity contribution in [3.05, 3.63) is 36.9 Å². The van der Waals surface area contributed by atoms with Crippen LogP contribution in [-0.2, 0) is 6.54 Å². The largest absolute Gasteiger partial charge is 0.237 e. The number of aromatic nitrogens is 4. The predicted octanol–water partition coefficient (Wildman–Crippen LogP) is 1.87. The quantitative estimate of drug-likeness (QED) is 0.738. The van der Waals surface area contributed by atoms with Gasteiger partial charge in [0.2, 0.25) is 0 Å². The van der Waals surface area contributed by atoms with Crippen LogP contribution in [0.2, 0.25) is 0 Å². The molecule has 2 heterocycles. The normalized spacial score (nSPS) is 11.5. The summed E-state index contributed by atoms with van der Waals surface area (Å²) in [6.45, 7) is 7.46. The van der Waals surface area contributed by atoms with Crippen molar-refractivity contribution < 1.29 is 4.68 Å². The summed E-state index contributed by atoms with van der Waals surface area (Å²) in [4.78, 5) is 8.39. The van der Waals surface area contributed by atoms with E-state index < -0.39 is 0 Å². The molecule has 0 amide bonds. The highest BCUT2D eigenvalue weighted by Gasteiger charge is 2.18. The van der Waals surface area contributed by atoms with Crippen LogP contribution in [0, 0.1) is 5.41 Å². The Kier molecular flexibility index (Phi) is 3.13. The van der Waals surface area contributed by atoms with Crippen molar-refractivity contribution in [2.75, 3.05) is 0 Å². The van der Waals surface area contributed by atoms with Crippen LogP contribution in [0.4, 0.5) is 0 Å². The van der Waals surface area contributed by atoms with Crippen molar-refractivity contribution in [1.82, 2.24) is 15.1 Å². The van der Waals surface area contributed by atoms with Crippen molar-refractivity contribution in [3.63, 3.8) is 0 Å². The molecule has 17 heavy (non-hydrogen) atoms. The standard InChI is InChI=1S/C13H17N4/c1-13(2,3)10-17-8-5-11(9-16-17)12-14-6-4-7-15-12/h4-9H,10H2,1-3H3/q+1. The van der Waals surface area contributed by atoms with Crippen LogP contribution in [0.1, 0.15) is 20.8 Å². The van der Waals surface area contributed by atoms with Crippen LogP contribution in [0.3, 0.4) is 0 Å². The Morgan fingerprint density at radius 2 is 1.88 bits per heavy atom. The maximum atomic E-state index is 4.38. The van der Waals surface area contributed by atoms with Crippen LogP contribution in [0.15, 0.2) is 36.9 Å². The summed E-state index contributed by atoms with van der Waals surface area (Å²) in [6.07, 6.45) is 7.25. The Balaban J connectivity index is 2.19. The minimum absolute atomic E-state index is 0.225. The van der Waals surface area contributed by atoms with E-state index in [0.29, 0.717) is 5.82 Å². The molecule has 88 valence electrons. The fourth-order valence-corrected chi connectivity index (χ4v) is 1.54. The van der Waals surface area contributed by atoms with Gasteiger partial charge in [-0.05, 0) is 11.2 Å². The fourth-order valence-electron chi connectivity index (χ4n) is 1.54. The summed E-state index contributed by atoms with van der Waals surface area (Å²) in [7, 11) is 0. The Hall–Kier alpha value is -1.84. The second-order valence-electron chi connectivity index (χ2n) is 5.25. The molecule has 2 aromatic rings. The van der Waals surface area contributed by atoms with Gasteiger partial charge < -0.3 is 0 Å². The number of hydrogen-bond donors (Lipinski definition) is 0. The first-order chi connectivity index (χ1) is 8.04. The van der Waals surface area contributed by atoms with Gasteiger partial charge in [-0.3, -0.25) is 0 Å². The Morgan fingerprint density at radius 3 is 2.41 bits per heavy atom. The highest BCUT2D eigenvalue weighted by molar-refractivity contribution is 5.51. The molecule has 0 saturated heterocycles. The summed E-state index contributed by atoms with van der Waals surface area (Å²) in [5, 5.41) is 4.38. The summed E-state index contributed by atoms with van der Waals surface area (Å²) >= 11 is 0. The van der Waals surface area contributed by atoms with Crippen LogP contribution in [0.25, 0.3) is 11.4 Å². The van der Waals surface area contributed by atoms with Gasteiger partial charge in [0.1, 0.15) is 6.20 Å². The lowest BCUT2D eigenvalue weighted by atomic mass is 9.97. The highest BCUT2D eigenvalue weighted by Crippen LogP contribution is 2.13. The summed E-state index contributed by atoms with van der Waals surface area (Å²) in [6, 6.07) is 3.80. The smallest absolute Gasteiger partial charge is 0.197 e. The number of nitrogens with zero attached hydrogens (tertiary/aromatic N) is 4. The molecule has 0 fully saturated rings. The van der Waals surface area contributed by atoms with Gasteiger partial charge in [-0.15, -0.1) is 0 Å². The van der Waals surface area contributed by atoms with E-state index in [-0.39, 0.29) is 5.41 Å². The molecule has 0 radical (unpaired) electrons. The molecule has 0 aliphatic heterocycles. The Labute approximate surface area is 101 Å². The molecule has 0 spiro atoms. The van der Waals surface area contributed by atoms with E-state index in [1.807, 2.05) is 16.9 Å². The maximum absolute atomic E-state index is 4.38. The SMILES string of the molecule is CC(C)(C)C[n+]1ccc(-c2ncccn2)cn1. The first kappa shape index (κ1) is 11.6. The van der Waals surface area contributed by atoms with E-state index in [4.69, 9.17) is 0 Å². The van der Waals surface area contributed by atoms with Crippen molar-refractivity contribution in [2.24, 2.45) is 5.41 Å². The van der Waals surface area contributed by atoms with Crippen LogP contribution < -0.4 is 4.68 Å². The number of hydrogen-bond acceptors (Lipinski definition) is 3. The third-order valence-electron chi connectivity index (χ3n) is 2.23. The molecule has 4 nitrogen and oxygen atoms in total. The van der Waals surface area contributed by atoms with E-state index in [2.05, 4.69) is 35.8 Å². The van der Waals surface area contributed by atoms with Crippen LogP contribution >= 0.6 is 0 Å². The summed E-state index contributed by atoms with van der Waals surface area (Å²) in [5.74, 6) is 0.711. The minimum atomic E-state index is 0.225. The monoisotopic (exact) mass is 229 g/mol. The van der Waals surface area contributed by atoms with Crippen molar-refractivity contribution in [3.8, 4) is 11.4 Å². The van der Waals surface area contributed by atoms with Crippen LogP contribution in [-0.4, -0.2) is 15.1 Å². The molecule has 2 aromatic heterocycles. The predicted molar refractivity (Wildman–Crippen MR) is 64.9 cm³/mol. The van der Waals surface area contributed by atoms with Gasteiger partial charge in [0, 0.05) is 29.4 Å². The molecule has 4 heteroatoms. The molecular weight excluding hydrogens is 212 g/mol. The lowest BCUT2D eigenvalue weighted by molar-refractivity contribution is -0.763. The van der Waals surface area contributed by atoms with E-state index in [0.717, 1.165) is 12.1 Å². The number of rotatable bonds is 2. The highest BCUT2D eigenvalue weighted by atomic mass is 15.3. The van der Waals surface area contributed by atoms with E-state index in [1.54, 1.807) is 24.7 Å². The molecular formula is C13H17N4+. The third kappa shape index (κ3) is 3.31. The summed E-state index contributed by atoms with van der Waals surface area (Å²) in [5.41, 5.74) is 1.17. The molecule has 0 bridgehead atoms. The Bertz CT molecular complexity index is 471. The zero-order chi connectivity index (χ0) is 12.3. The minimum Gasteiger partial charge on any atom is -0.237 e. The first-order valence-corrected chi connectivity index (χ1v) is 5.68. The molecule has 0 aromatic carbocycles. The van der Waals surface area contributed by atoms with Crippen molar-refractivity contribution >= 4 is 0 Å². The molecule has 2 rings (SSSR count). The average molecular weight is 229 g/mol. The molecule has 0 aliphatic rings. The topological polar surface area (TPSA) is 42.5 Å². The molecule has 0 aliphatic carbocycles. The van der Waals surface area contributed by atoms with Crippen molar-refractivity contribution in [2.45, 2.75) is 27.3 Å². The van der Waals surface area contributed by atoms with E-state index in [9.17, 15) is 0 Å². The zero-order valence-corrected chi connectivity index (χ0v) is 10.5. The second-order valence-corrected chi connectivity index (χ2v) is 5.25. The van der Waals surface area contributed by atoms with Gasteiger partial charge >= 0.3 is 0 Å². The van der Waals surface area contributed by atoms with Gasteiger partial charge in [-0.2, -0.15) is 0 Å². The third-order valence-corrected chi connectivity index (χ3v) is 2.23. The van der Waals surface area contributed by atoms with E-state index in [1.165, 1.54) is 0 Å². The van der Waals surface area contributed by atoms with Gasteiger partial charge in [0.15, 0.2) is 18.6 Å². The Morgan fingerprint density at radius 1 is 1.18 bits per heavy atom. The van der Waals surface area contributed by atoms with Crippen molar-refractivity contribution in [1.29, 1.82) is 0 Å².